The highest BCUT2D eigenvalue weighted by atomic mass is 16.5. The molecular formula is C20H28N2O3. The zero-order chi connectivity index (χ0) is 17.9. The van der Waals surface area contributed by atoms with Gasteiger partial charge < -0.3 is 15.4 Å². The molecule has 2 atom stereocenters. The Morgan fingerprint density at radius 3 is 2.72 bits per heavy atom. The van der Waals surface area contributed by atoms with Crippen molar-refractivity contribution < 1.29 is 14.3 Å². The van der Waals surface area contributed by atoms with Crippen LogP contribution in [0.2, 0.25) is 0 Å². The predicted octanol–water partition coefficient (Wildman–Crippen LogP) is 3.25. The van der Waals surface area contributed by atoms with E-state index in [4.69, 9.17) is 4.74 Å². The Morgan fingerprint density at radius 1 is 1.24 bits per heavy atom. The summed E-state index contributed by atoms with van der Waals surface area (Å²) in [5.41, 5.74) is 0.888. The monoisotopic (exact) mass is 344 g/mol. The second-order valence-electron chi connectivity index (χ2n) is 7.52. The van der Waals surface area contributed by atoms with Crippen LogP contribution in [-0.4, -0.2) is 25.0 Å². The fourth-order valence-electron chi connectivity index (χ4n) is 3.66. The predicted molar refractivity (Wildman–Crippen MR) is 97.0 cm³/mol. The molecule has 5 heteroatoms. The molecule has 2 amide bonds. The molecule has 0 aromatic heterocycles. The molecule has 0 saturated heterocycles. The van der Waals surface area contributed by atoms with Gasteiger partial charge in [0.05, 0.1) is 12.7 Å². The van der Waals surface area contributed by atoms with Gasteiger partial charge in [0.1, 0.15) is 5.41 Å². The number of hydrogen-bond donors (Lipinski definition) is 2. The highest BCUT2D eigenvalue weighted by Gasteiger charge is 2.56. The molecule has 0 unspecified atom stereocenters. The zero-order valence-electron chi connectivity index (χ0n) is 15.1. The smallest absolute Gasteiger partial charge is 0.240 e. The first kappa shape index (κ1) is 17.9. The first-order valence-corrected chi connectivity index (χ1v) is 9.27. The van der Waals surface area contributed by atoms with Crippen molar-refractivity contribution in [1.82, 2.24) is 5.32 Å². The molecule has 0 radical (unpaired) electrons. The van der Waals surface area contributed by atoms with E-state index < -0.39 is 5.41 Å². The van der Waals surface area contributed by atoms with Crippen LogP contribution in [0.25, 0.3) is 0 Å². The van der Waals surface area contributed by atoms with Gasteiger partial charge in [-0.1, -0.05) is 31.9 Å². The Bertz CT molecular complexity index is 640. The largest absolute Gasteiger partial charge is 0.374 e. The number of hydrogen-bond acceptors (Lipinski definition) is 3. The van der Waals surface area contributed by atoms with Crippen LogP contribution in [0.5, 0.6) is 0 Å². The molecule has 136 valence electrons. The Morgan fingerprint density at radius 2 is 2.04 bits per heavy atom. The van der Waals surface area contributed by atoms with E-state index in [1.807, 2.05) is 24.3 Å². The van der Waals surface area contributed by atoms with Gasteiger partial charge >= 0.3 is 0 Å². The van der Waals surface area contributed by atoms with E-state index in [0.717, 1.165) is 30.0 Å². The summed E-state index contributed by atoms with van der Waals surface area (Å²) >= 11 is 0. The Balaban J connectivity index is 1.56. The van der Waals surface area contributed by atoms with Crippen LogP contribution in [0.4, 0.5) is 5.69 Å². The van der Waals surface area contributed by atoms with Crippen molar-refractivity contribution in [2.45, 2.75) is 58.2 Å². The van der Waals surface area contributed by atoms with Crippen molar-refractivity contribution in [2.75, 3.05) is 12.4 Å². The third kappa shape index (κ3) is 4.21. The summed E-state index contributed by atoms with van der Waals surface area (Å²) in [6, 6.07) is 7.71. The first-order chi connectivity index (χ1) is 12.0. The molecule has 3 rings (SSSR count). The SMILES string of the molecule is CNC(=O)C1(C(=O)Nc2cccc(CO[C@H]3CCC[C@H](C)C3)c2)CC1. The summed E-state index contributed by atoms with van der Waals surface area (Å²) in [4.78, 5) is 24.4. The number of nitrogens with one attached hydrogen (secondary N) is 2. The van der Waals surface area contributed by atoms with E-state index >= 15 is 0 Å². The number of rotatable bonds is 6. The minimum absolute atomic E-state index is 0.198. The molecule has 5 nitrogen and oxygen atoms in total. The van der Waals surface area contributed by atoms with Crippen LogP contribution in [0.3, 0.4) is 0 Å². The standard InChI is InChI=1S/C20H28N2O3/c1-14-5-3-8-17(11-14)25-13-15-6-4-7-16(12-15)22-19(24)20(9-10-20)18(23)21-2/h4,6-7,12,14,17H,3,5,8-11,13H2,1-2H3,(H,21,23)(H,22,24)/t14-,17-/m0/s1. The van der Waals surface area contributed by atoms with Crippen LogP contribution >= 0.6 is 0 Å². The van der Waals surface area contributed by atoms with Gasteiger partial charge in [0.25, 0.3) is 0 Å². The summed E-state index contributed by atoms with van der Waals surface area (Å²) in [7, 11) is 1.57. The van der Waals surface area contributed by atoms with E-state index in [0.29, 0.717) is 25.6 Å². The number of amides is 2. The van der Waals surface area contributed by atoms with E-state index in [1.165, 1.54) is 12.8 Å². The molecule has 0 heterocycles. The Kier molecular flexibility index (Phi) is 5.42. The maximum absolute atomic E-state index is 12.4. The molecule has 2 N–H and O–H groups in total. The molecule has 2 aliphatic rings. The molecule has 2 aliphatic carbocycles. The van der Waals surface area contributed by atoms with Crippen molar-refractivity contribution in [1.29, 1.82) is 0 Å². The average Bonchev–Trinajstić information content (AvgIpc) is 3.42. The number of carbonyl (C=O) groups is 2. The van der Waals surface area contributed by atoms with Gasteiger partial charge in [0.15, 0.2) is 0 Å². The summed E-state index contributed by atoms with van der Waals surface area (Å²) in [5, 5.41) is 5.48. The second kappa shape index (κ2) is 7.56. The van der Waals surface area contributed by atoms with Crippen molar-refractivity contribution in [3.63, 3.8) is 0 Å². The molecule has 1 aromatic rings. The fraction of sp³-hybridized carbons (Fsp3) is 0.600. The van der Waals surface area contributed by atoms with Gasteiger partial charge in [-0.25, -0.2) is 0 Å². The van der Waals surface area contributed by atoms with Crippen LogP contribution in [0, 0.1) is 11.3 Å². The molecule has 0 spiro atoms. The second-order valence-corrected chi connectivity index (χ2v) is 7.52. The van der Waals surface area contributed by atoms with Gasteiger partial charge in [-0.05, 0) is 49.3 Å². The lowest BCUT2D eigenvalue weighted by atomic mass is 9.89. The van der Waals surface area contributed by atoms with E-state index in [9.17, 15) is 9.59 Å². The fourth-order valence-corrected chi connectivity index (χ4v) is 3.66. The molecule has 2 saturated carbocycles. The van der Waals surface area contributed by atoms with Crippen molar-refractivity contribution in [3.8, 4) is 0 Å². The minimum atomic E-state index is -0.876. The summed E-state index contributed by atoms with van der Waals surface area (Å²) in [6.07, 6.45) is 6.37. The lowest BCUT2D eigenvalue weighted by Gasteiger charge is -2.26. The highest BCUT2D eigenvalue weighted by molar-refractivity contribution is 6.12. The lowest BCUT2D eigenvalue weighted by molar-refractivity contribution is -0.134. The maximum atomic E-state index is 12.4. The van der Waals surface area contributed by atoms with Crippen LogP contribution < -0.4 is 10.6 Å². The van der Waals surface area contributed by atoms with Gasteiger partial charge in [0.2, 0.25) is 11.8 Å². The number of anilines is 1. The molecule has 0 aliphatic heterocycles. The van der Waals surface area contributed by atoms with Crippen molar-refractivity contribution >= 4 is 17.5 Å². The van der Waals surface area contributed by atoms with E-state index in [2.05, 4.69) is 17.6 Å². The van der Waals surface area contributed by atoms with Gasteiger partial charge in [-0.3, -0.25) is 9.59 Å². The van der Waals surface area contributed by atoms with E-state index in [-0.39, 0.29) is 11.8 Å². The average molecular weight is 344 g/mol. The molecule has 25 heavy (non-hydrogen) atoms. The summed E-state index contributed by atoms with van der Waals surface area (Å²) in [6.45, 7) is 2.84. The lowest BCUT2D eigenvalue weighted by Crippen LogP contribution is -2.38. The summed E-state index contributed by atoms with van der Waals surface area (Å²) in [5.74, 6) is 0.325. The first-order valence-electron chi connectivity index (χ1n) is 9.27. The normalized spacial score (nSPS) is 24.4. The van der Waals surface area contributed by atoms with Crippen LogP contribution in [0.1, 0.15) is 51.0 Å². The quantitative estimate of drug-likeness (QED) is 0.779. The molecule has 1 aromatic carbocycles. The number of ether oxygens (including phenoxy) is 1. The number of benzene rings is 1. The van der Waals surface area contributed by atoms with Gasteiger partial charge in [-0.2, -0.15) is 0 Å². The number of carbonyl (C=O) groups excluding carboxylic acids is 2. The Hall–Kier alpha value is -1.88. The van der Waals surface area contributed by atoms with Gasteiger partial charge in [-0.15, -0.1) is 0 Å². The molecule has 2 fully saturated rings. The van der Waals surface area contributed by atoms with Gasteiger partial charge in [0, 0.05) is 12.7 Å². The highest BCUT2D eigenvalue weighted by Crippen LogP contribution is 2.46. The van der Waals surface area contributed by atoms with Crippen LogP contribution in [0.15, 0.2) is 24.3 Å². The zero-order valence-corrected chi connectivity index (χ0v) is 15.1. The van der Waals surface area contributed by atoms with Crippen molar-refractivity contribution in [2.24, 2.45) is 11.3 Å². The third-order valence-electron chi connectivity index (χ3n) is 5.41. The van der Waals surface area contributed by atoms with Crippen LogP contribution in [-0.2, 0) is 20.9 Å². The van der Waals surface area contributed by atoms with Crippen molar-refractivity contribution in [3.05, 3.63) is 29.8 Å². The Labute approximate surface area is 149 Å². The minimum Gasteiger partial charge on any atom is -0.374 e. The third-order valence-corrected chi connectivity index (χ3v) is 5.41. The summed E-state index contributed by atoms with van der Waals surface area (Å²) < 4.78 is 6.06. The molecular weight excluding hydrogens is 316 g/mol. The molecule has 0 bridgehead atoms. The topological polar surface area (TPSA) is 67.4 Å². The van der Waals surface area contributed by atoms with E-state index in [1.54, 1.807) is 7.05 Å². The maximum Gasteiger partial charge on any atom is 0.240 e.